The zero-order valence-electron chi connectivity index (χ0n) is 13.2. The van der Waals surface area contributed by atoms with Crippen LogP contribution in [0.3, 0.4) is 0 Å². The Kier molecular flexibility index (Phi) is 3.83. The Bertz CT molecular complexity index is 830. The van der Waals surface area contributed by atoms with Crippen molar-refractivity contribution in [2.75, 3.05) is 6.54 Å². The van der Waals surface area contributed by atoms with Crippen molar-refractivity contribution in [3.05, 3.63) is 78.4 Å². The van der Waals surface area contributed by atoms with E-state index >= 15 is 0 Å². The van der Waals surface area contributed by atoms with E-state index in [2.05, 4.69) is 22.2 Å². The fourth-order valence-corrected chi connectivity index (χ4v) is 3.37. The number of amides is 1. The second kappa shape index (κ2) is 6.28. The Morgan fingerprint density at radius 3 is 2.62 bits per heavy atom. The van der Waals surface area contributed by atoms with Gasteiger partial charge in [0.1, 0.15) is 12.7 Å². The quantitative estimate of drug-likeness (QED) is 0.745. The van der Waals surface area contributed by atoms with E-state index in [-0.39, 0.29) is 11.9 Å². The van der Waals surface area contributed by atoms with Crippen LogP contribution >= 0.6 is 0 Å². The Morgan fingerprint density at radius 2 is 1.83 bits per heavy atom. The van der Waals surface area contributed by atoms with Gasteiger partial charge in [-0.05, 0) is 30.5 Å². The molecule has 5 heteroatoms. The fourth-order valence-electron chi connectivity index (χ4n) is 3.37. The molecule has 0 radical (unpaired) electrons. The van der Waals surface area contributed by atoms with E-state index in [0.29, 0.717) is 5.56 Å². The molecule has 5 nitrogen and oxygen atoms in total. The Hall–Kier alpha value is -2.95. The van der Waals surface area contributed by atoms with E-state index in [9.17, 15) is 4.79 Å². The molecule has 1 fully saturated rings. The number of carbonyl (C=O) groups excluding carboxylic acids is 1. The molecule has 3 aromatic rings. The van der Waals surface area contributed by atoms with Crippen LogP contribution in [0.2, 0.25) is 0 Å². The number of benzene rings is 2. The number of hydrogen-bond donors (Lipinski definition) is 0. The van der Waals surface area contributed by atoms with Crippen molar-refractivity contribution in [1.82, 2.24) is 19.7 Å². The molecule has 1 aromatic heterocycles. The zero-order chi connectivity index (χ0) is 16.4. The Labute approximate surface area is 140 Å². The summed E-state index contributed by atoms with van der Waals surface area (Å²) in [4.78, 5) is 19.2. The third kappa shape index (κ3) is 2.58. The smallest absolute Gasteiger partial charge is 0.256 e. The molecular weight excluding hydrogens is 300 g/mol. The predicted octanol–water partition coefficient (Wildman–Crippen LogP) is 3.24. The maximum absolute atomic E-state index is 13.2. The summed E-state index contributed by atoms with van der Waals surface area (Å²) in [6, 6.07) is 18.0. The number of likely N-dealkylation sites (tertiary alicyclic amines) is 1. The summed E-state index contributed by atoms with van der Waals surface area (Å²) >= 11 is 0. The monoisotopic (exact) mass is 318 g/mol. The summed E-state index contributed by atoms with van der Waals surface area (Å²) in [7, 11) is 0. The predicted molar refractivity (Wildman–Crippen MR) is 90.8 cm³/mol. The van der Waals surface area contributed by atoms with Crippen LogP contribution in [0.5, 0.6) is 0 Å². The topological polar surface area (TPSA) is 51.0 Å². The molecule has 1 amide bonds. The molecule has 1 atom stereocenters. The van der Waals surface area contributed by atoms with Gasteiger partial charge in [0.2, 0.25) is 0 Å². The summed E-state index contributed by atoms with van der Waals surface area (Å²) < 4.78 is 1.64. The summed E-state index contributed by atoms with van der Waals surface area (Å²) in [5.41, 5.74) is 2.62. The number of hydrogen-bond acceptors (Lipinski definition) is 3. The van der Waals surface area contributed by atoms with Crippen molar-refractivity contribution in [2.24, 2.45) is 0 Å². The average Bonchev–Trinajstić information content (AvgIpc) is 3.33. The first-order valence-electron chi connectivity index (χ1n) is 8.14. The number of nitrogens with zero attached hydrogens (tertiary/aromatic N) is 4. The van der Waals surface area contributed by atoms with Crippen molar-refractivity contribution in [3.63, 3.8) is 0 Å². The molecule has 1 aliphatic rings. The molecule has 0 saturated carbocycles. The second-order valence-corrected chi connectivity index (χ2v) is 5.92. The highest BCUT2D eigenvalue weighted by Gasteiger charge is 2.31. The molecule has 0 spiro atoms. The molecule has 2 heterocycles. The van der Waals surface area contributed by atoms with E-state index in [0.717, 1.165) is 25.1 Å². The minimum absolute atomic E-state index is 0.0486. The van der Waals surface area contributed by atoms with E-state index in [4.69, 9.17) is 0 Å². The van der Waals surface area contributed by atoms with Crippen molar-refractivity contribution in [2.45, 2.75) is 18.9 Å². The first kappa shape index (κ1) is 14.6. The van der Waals surface area contributed by atoms with E-state index < -0.39 is 0 Å². The lowest BCUT2D eigenvalue weighted by Crippen LogP contribution is -2.31. The van der Waals surface area contributed by atoms with Gasteiger partial charge in [0.25, 0.3) is 5.91 Å². The summed E-state index contributed by atoms with van der Waals surface area (Å²) in [6.07, 6.45) is 5.12. The molecule has 0 unspecified atom stereocenters. The normalized spacial score (nSPS) is 17.2. The lowest BCUT2D eigenvalue weighted by atomic mass is 10.0. The number of para-hydroxylation sites is 1. The SMILES string of the molecule is O=C(c1ccccc1-n1cncn1)N1CCC[C@H]1c1ccccc1. The fraction of sp³-hybridized carbons (Fsp3) is 0.211. The molecule has 2 aromatic carbocycles. The molecule has 0 N–H and O–H groups in total. The Morgan fingerprint density at radius 1 is 1.04 bits per heavy atom. The lowest BCUT2D eigenvalue weighted by molar-refractivity contribution is 0.0735. The van der Waals surface area contributed by atoms with Crippen LogP contribution in [-0.2, 0) is 0 Å². The van der Waals surface area contributed by atoms with Crippen LogP contribution in [0.25, 0.3) is 5.69 Å². The third-order valence-corrected chi connectivity index (χ3v) is 4.50. The van der Waals surface area contributed by atoms with Gasteiger partial charge in [-0.2, -0.15) is 5.10 Å². The Balaban J connectivity index is 1.69. The third-order valence-electron chi connectivity index (χ3n) is 4.50. The minimum Gasteiger partial charge on any atom is -0.332 e. The molecule has 0 bridgehead atoms. The number of rotatable bonds is 3. The highest BCUT2D eigenvalue weighted by atomic mass is 16.2. The molecular formula is C19H18N4O. The average molecular weight is 318 g/mol. The van der Waals surface area contributed by atoms with Crippen molar-refractivity contribution < 1.29 is 4.79 Å². The van der Waals surface area contributed by atoms with Gasteiger partial charge in [-0.3, -0.25) is 4.79 Å². The molecule has 0 aliphatic carbocycles. The molecule has 120 valence electrons. The highest BCUT2D eigenvalue weighted by Crippen LogP contribution is 2.33. The summed E-state index contributed by atoms with van der Waals surface area (Å²) in [6.45, 7) is 0.782. The molecule has 4 rings (SSSR count). The number of aromatic nitrogens is 3. The van der Waals surface area contributed by atoms with E-state index in [1.54, 1.807) is 11.0 Å². The van der Waals surface area contributed by atoms with Gasteiger partial charge < -0.3 is 4.90 Å². The van der Waals surface area contributed by atoms with Gasteiger partial charge in [-0.15, -0.1) is 0 Å². The minimum atomic E-state index is 0.0486. The van der Waals surface area contributed by atoms with Gasteiger partial charge >= 0.3 is 0 Å². The van der Waals surface area contributed by atoms with Crippen LogP contribution < -0.4 is 0 Å². The van der Waals surface area contributed by atoms with Crippen molar-refractivity contribution in [1.29, 1.82) is 0 Å². The summed E-state index contributed by atoms with van der Waals surface area (Å²) in [5.74, 6) is 0.0486. The van der Waals surface area contributed by atoms with Crippen LogP contribution in [0.4, 0.5) is 0 Å². The van der Waals surface area contributed by atoms with E-state index in [1.165, 1.54) is 11.9 Å². The number of carbonyl (C=O) groups is 1. The van der Waals surface area contributed by atoms with E-state index in [1.807, 2.05) is 47.4 Å². The van der Waals surface area contributed by atoms with Crippen LogP contribution in [0.15, 0.2) is 67.3 Å². The van der Waals surface area contributed by atoms with Crippen LogP contribution in [0.1, 0.15) is 34.8 Å². The molecule has 1 saturated heterocycles. The van der Waals surface area contributed by atoms with Gasteiger partial charge in [0.15, 0.2) is 0 Å². The van der Waals surface area contributed by atoms with Gasteiger partial charge in [-0.1, -0.05) is 42.5 Å². The second-order valence-electron chi connectivity index (χ2n) is 5.92. The molecule has 1 aliphatic heterocycles. The maximum Gasteiger partial charge on any atom is 0.256 e. The highest BCUT2D eigenvalue weighted by molar-refractivity contribution is 5.98. The van der Waals surface area contributed by atoms with Crippen LogP contribution in [0, 0.1) is 0 Å². The van der Waals surface area contributed by atoms with Gasteiger partial charge in [0.05, 0.1) is 17.3 Å². The largest absolute Gasteiger partial charge is 0.332 e. The first-order valence-corrected chi connectivity index (χ1v) is 8.14. The van der Waals surface area contributed by atoms with Gasteiger partial charge in [0, 0.05) is 6.54 Å². The van der Waals surface area contributed by atoms with Crippen LogP contribution in [-0.4, -0.2) is 32.1 Å². The molecule has 24 heavy (non-hydrogen) atoms. The zero-order valence-corrected chi connectivity index (χ0v) is 13.2. The van der Waals surface area contributed by atoms with Crippen molar-refractivity contribution in [3.8, 4) is 5.69 Å². The maximum atomic E-state index is 13.2. The first-order chi connectivity index (χ1) is 11.8. The lowest BCUT2D eigenvalue weighted by Gasteiger charge is -2.26. The van der Waals surface area contributed by atoms with Gasteiger partial charge in [-0.25, -0.2) is 9.67 Å². The standard InChI is InChI=1S/C19H18N4O/c24-19(16-9-4-5-10-18(16)23-14-20-13-21-23)22-12-6-11-17(22)15-7-2-1-3-8-15/h1-5,7-10,13-14,17H,6,11-12H2/t17-/m0/s1. The summed E-state index contributed by atoms with van der Waals surface area (Å²) in [5, 5.41) is 4.17. The van der Waals surface area contributed by atoms with Crippen molar-refractivity contribution >= 4 is 5.91 Å².